The Morgan fingerprint density at radius 1 is 1.31 bits per heavy atom. The van der Waals surface area contributed by atoms with Crippen molar-refractivity contribution in [2.75, 3.05) is 14.2 Å². The smallest absolute Gasteiger partial charge is 0.434 e. The molecule has 5 nitrogen and oxygen atoms in total. The van der Waals surface area contributed by atoms with Crippen molar-refractivity contribution in [2.45, 2.75) is 19.3 Å². The van der Waals surface area contributed by atoms with E-state index >= 15 is 0 Å². The summed E-state index contributed by atoms with van der Waals surface area (Å²) in [6.07, 6.45) is -4.43. The number of halogens is 5. The Hall–Kier alpha value is -1.27. The zero-order valence-electron chi connectivity index (χ0n) is 13.9. The van der Waals surface area contributed by atoms with Gasteiger partial charge in [-0.25, -0.2) is 4.98 Å². The molecule has 26 heavy (non-hydrogen) atoms. The van der Waals surface area contributed by atoms with Crippen molar-refractivity contribution in [3.63, 3.8) is 0 Å². The summed E-state index contributed by atoms with van der Waals surface area (Å²) in [7, 11) is 3.11. The molecule has 0 aliphatic carbocycles. The van der Waals surface area contributed by atoms with Gasteiger partial charge in [-0.3, -0.25) is 4.99 Å². The number of hydrogen-bond donors (Lipinski definition) is 2. The fourth-order valence-electron chi connectivity index (χ4n) is 1.95. The number of aliphatic imine (C=N–C) groups is 1. The van der Waals surface area contributed by atoms with Gasteiger partial charge in [-0.05, 0) is 12.1 Å². The number of hydrogen-bond acceptors (Lipinski definition) is 4. The van der Waals surface area contributed by atoms with E-state index < -0.39 is 11.9 Å². The van der Waals surface area contributed by atoms with Crippen LogP contribution in [0.25, 0.3) is 0 Å². The second-order valence-corrected chi connectivity index (χ2v) is 6.24. The molecule has 0 atom stereocenters. The van der Waals surface area contributed by atoms with Crippen LogP contribution in [-0.2, 0) is 19.3 Å². The molecule has 0 saturated heterocycles. The van der Waals surface area contributed by atoms with Crippen molar-refractivity contribution >= 4 is 52.9 Å². The molecule has 0 bridgehead atoms. The van der Waals surface area contributed by atoms with Crippen LogP contribution in [0.4, 0.5) is 13.2 Å². The Bertz CT molecular complexity index is 755. The minimum atomic E-state index is -4.43. The molecule has 0 aliphatic rings. The van der Waals surface area contributed by atoms with E-state index in [1.807, 2.05) is 6.07 Å². The molecule has 0 aliphatic heterocycles. The molecule has 1 aromatic heterocycles. The average molecular weight is 521 g/mol. The molecule has 2 rings (SSSR count). The lowest BCUT2D eigenvalue weighted by Gasteiger charge is -2.13. The first-order valence-electron chi connectivity index (χ1n) is 7.12. The van der Waals surface area contributed by atoms with Crippen molar-refractivity contribution < 1.29 is 17.9 Å². The lowest BCUT2D eigenvalue weighted by atomic mass is 10.2. The first kappa shape index (κ1) is 22.8. The number of benzene rings is 1. The zero-order chi connectivity index (χ0) is 18.4. The molecule has 0 fully saturated rings. The molecule has 2 N–H and O–H groups in total. The third-order valence-corrected chi connectivity index (χ3v) is 4.25. The molecule has 0 unspecified atom stereocenters. The number of nitrogens with one attached hydrogen (secondary N) is 2. The van der Waals surface area contributed by atoms with Gasteiger partial charge in [0, 0.05) is 29.6 Å². The molecule has 144 valence electrons. The van der Waals surface area contributed by atoms with E-state index in [9.17, 15) is 13.2 Å². The van der Waals surface area contributed by atoms with Gasteiger partial charge >= 0.3 is 6.18 Å². The molecule has 0 saturated carbocycles. The Morgan fingerprint density at radius 3 is 2.58 bits per heavy atom. The predicted molar refractivity (Wildman–Crippen MR) is 108 cm³/mol. The quantitative estimate of drug-likeness (QED) is 0.351. The highest BCUT2D eigenvalue weighted by Gasteiger charge is 2.33. The molecule has 1 heterocycles. The van der Waals surface area contributed by atoms with Crippen LogP contribution < -0.4 is 15.4 Å². The topological polar surface area (TPSA) is 58.5 Å². The fraction of sp³-hybridized carbons (Fsp3) is 0.333. The van der Waals surface area contributed by atoms with Crippen LogP contribution in [0.2, 0.25) is 5.02 Å². The van der Waals surface area contributed by atoms with Gasteiger partial charge in [-0.15, -0.1) is 35.3 Å². The second kappa shape index (κ2) is 10.2. The molecule has 0 spiro atoms. The minimum Gasteiger partial charge on any atom is -0.496 e. The highest BCUT2D eigenvalue weighted by Crippen LogP contribution is 2.29. The number of guanidine groups is 1. The van der Waals surface area contributed by atoms with Gasteiger partial charge in [-0.2, -0.15) is 13.2 Å². The van der Waals surface area contributed by atoms with Gasteiger partial charge in [0.15, 0.2) is 11.7 Å². The van der Waals surface area contributed by atoms with Crippen molar-refractivity contribution in [1.82, 2.24) is 15.6 Å². The summed E-state index contributed by atoms with van der Waals surface area (Å²) in [4.78, 5) is 7.59. The number of alkyl halides is 3. The number of ether oxygens (including phenoxy) is 1. The van der Waals surface area contributed by atoms with E-state index in [1.165, 1.54) is 0 Å². The van der Waals surface area contributed by atoms with E-state index in [0.717, 1.165) is 22.3 Å². The molecule has 11 heteroatoms. The Balaban J connectivity index is 0.00000338. The standard InChI is InChI=1S/C15H16ClF3N4OS.HI/c1-20-14(21-6-9-3-4-10(16)5-11(9)24-2)22-7-13-23-12(8-25-13)15(17,18)19;/h3-5,8H,6-7H2,1-2H3,(H2,20,21,22);1H. The lowest BCUT2D eigenvalue weighted by Crippen LogP contribution is -2.36. The fourth-order valence-corrected chi connectivity index (χ4v) is 2.85. The third-order valence-electron chi connectivity index (χ3n) is 3.17. The monoisotopic (exact) mass is 520 g/mol. The number of rotatable bonds is 5. The van der Waals surface area contributed by atoms with Crippen molar-refractivity contribution in [3.8, 4) is 5.75 Å². The summed E-state index contributed by atoms with van der Waals surface area (Å²) in [5.74, 6) is 1.06. The van der Waals surface area contributed by atoms with E-state index in [-0.39, 0.29) is 30.5 Å². The highest BCUT2D eigenvalue weighted by molar-refractivity contribution is 14.0. The second-order valence-electron chi connectivity index (χ2n) is 4.86. The SMILES string of the molecule is CN=C(NCc1nc(C(F)(F)F)cs1)NCc1ccc(Cl)cc1OC.I. The van der Waals surface area contributed by atoms with Crippen LogP contribution in [0.15, 0.2) is 28.6 Å². The minimum absolute atomic E-state index is 0. The number of aromatic nitrogens is 1. The first-order valence-corrected chi connectivity index (χ1v) is 8.37. The van der Waals surface area contributed by atoms with Crippen molar-refractivity contribution in [2.24, 2.45) is 4.99 Å². The van der Waals surface area contributed by atoms with Gasteiger partial charge in [-0.1, -0.05) is 17.7 Å². The zero-order valence-corrected chi connectivity index (χ0v) is 17.8. The first-order chi connectivity index (χ1) is 11.8. The van der Waals surface area contributed by atoms with Crippen LogP contribution >= 0.6 is 46.9 Å². The highest BCUT2D eigenvalue weighted by atomic mass is 127. The molecular weight excluding hydrogens is 504 g/mol. The van der Waals surface area contributed by atoms with Gasteiger partial charge in [0.25, 0.3) is 0 Å². The normalized spacial score (nSPS) is 11.7. The summed E-state index contributed by atoms with van der Waals surface area (Å²) < 4.78 is 42.9. The summed E-state index contributed by atoms with van der Waals surface area (Å²) in [5, 5.41) is 7.85. The van der Waals surface area contributed by atoms with E-state index in [0.29, 0.717) is 28.3 Å². The molecule has 2 aromatic rings. The maximum atomic E-state index is 12.5. The van der Waals surface area contributed by atoms with Crippen molar-refractivity contribution in [1.29, 1.82) is 0 Å². The van der Waals surface area contributed by atoms with Crippen LogP contribution in [-0.4, -0.2) is 25.1 Å². The van der Waals surface area contributed by atoms with Crippen LogP contribution in [0.3, 0.4) is 0 Å². The Morgan fingerprint density at radius 2 is 2.00 bits per heavy atom. The summed E-state index contributed by atoms with van der Waals surface area (Å²) in [6.45, 7) is 0.545. The number of thiazole rings is 1. The van der Waals surface area contributed by atoms with E-state index in [2.05, 4.69) is 20.6 Å². The summed E-state index contributed by atoms with van der Waals surface area (Å²) in [6, 6.07) is 5.26. The van der Waals surface area contributed by atoms with Crippen LogP contribution in [0.1, 0.15) is 16.3 Å². The van der Waals surface area contributed by atoms with Gasteiger partial charge in [0.2, 0.25) is 0 Å². The Kier molecular flexibility index (Phi) is 8.90. The van der Waals surface area contributed by atoms with E-state index in [1.54, 1.807) is 26.3 Å². The molecule has 1 aromatic carbocycles. The lowest BCUT2D eigenvalue weighted by molar-refractivity contribution is -0.140. The van der Waals surface area contributed by atoms with Gasteiger partial charge < -0.3 is 15.4 Å². The summed E-state index contributed by atoms with van der Waals surface area (Å²) in [5.41, 5.74) is -0.0217. The van der Waals surface area contributed by atoms with Crippen LogP contribution in [0, 0.1) is 0 Å². The molecular formula is C15H17ClF3IN4OS. The summed E-state index contributed by atoms with van der Waals surface area (Å²) >= 11 is 6.85. The molecule has 0 radical (unpaired) electrons. The third kappa shape index (κ3) is 6.47. The van der Waals surface area contributed by atoms with Crippen molar-refractivity contribution in [3.05, 3.63) is 44.9 Å². The maximum absolute atomic E-state index is 12.5. The number of nitrogens with zero attached hydrogens (tertiary/aromatic N) is 2. The maximum Gasteiger partial charge on any atom is 0.434 e. The average Bonchev–Trinajstić information content (AvgIpc) is 3.05. The van der Waals surface area contributed by atoms with Gasteiger partial charge in [0.1, 0.15) is 10.8 Å². The Labute approximate surface area is 175 Å². The van der Waals surface area contributed by atoms with Crippen LogP contribution in [0.5, 0.6) is 5.75 Å². The van der Waals surface area contributed by atoms with E-state index in [4.69, 9.17) is 16.3 Å². The van der Waals surface area contributed by atoms with Gasteiger partial charge in [0.05, 0.1) is 13.7 Å². The largest absolute Gasteiger partial charge is 0.496 e. The number of methoxy groups -OCH3 is 1. The predicted octanol–water partition coefficient (Wildman–Crippen LogP) is 4.31. The molecule has 0 amide bonds.